The van der Waals surface area contributed by atoms with E-state index in [4.69, 9.17) is 22.1 Å². The van der Waals surface area contributed by atoms with Gasteiger partial charge in [-0.25, -0.2) is 8.42 Å². The highest BCUT2D eigenvalue weighted by molar-refractivity contribution is 7.89. The molecule has 0 radical (unpaired) electrons. The number of methoxy groups -OCH3 is 1. The topological polar surface area (TPSA) is 72.6 Å². The van der Waals surface area contributed by atoms with Crippen LogP contribution >= 0.6 is 11.6 Å². The predicted octanol–water partition coefficient (Wildman–Crippen LogP) is 1.58. The predicted molar refractivity (Wildman–Crippen MR) is 72.2 cm³/mol. The second kappa shape index (κ2) is 6.38. The number of nitrogens with two attached hydrogens (primary N) is 1. The number of hydrogen-bond acceptors (Lipinski definition) is 4. The molecular weight excluding hydrogens is 276 g/mol. The van der Waals surface area contributed by atoms with Crippen LogP contribution in [0.3, 0.4) is 0 Å². The Bertz CT molecular complexity index is 505. The fraction of sp³-hybridized carbons (Fsp3) is 0.455. The SMILES string of the molecule is CCN(CCOC)S(=O)(=O)c1cc(N)ccc1Cl. The maximum atomic E-state index is 12.4. The molecule has 0 aliphatic heterocycles. The Balaban J connectivity index is 3.14. The van der Waals surface area contributed by atoms with Gasteiger partial charge in [-0.3, -0.25) is 0 Å². The Labute approximate surface area is 113 Å². The second-order valence-electron chi connectivity index (χ2n) is 3.68. The number of sulfonamides is 1. The molecule has 5 nitrogen and oxygen atoms in total. The third-order valence-corrected chi connectivity index (χ3v) is 4.93. The van der Waals surface area contributed by atoms with E-state index < -0.39 is 10.0 Å². The van der Waals surface area contributed by atoms with Gasteiger partial charge in [-0.1, -0.05) is 18.5 Å². The van der Waals surface area contributed by atoms with Crippen LogP contribution in [0.2, 0.25) is 5.02 Å². The summed E-state index contributed by atoms with van der Waals surface area (Å²) in [7, 11) is -2.11. The first-order valence-corrected chi connectivity index (χ1v) is 7.29. The zero-order valence-electron chi connectivity index (χ0n) is 10.4. The van der Waals surface area contributed by atoms with E-state index in [2.05, 4.69) is 0 Å². The molecule has 18 heavy (non-hydrogen) atoms. The molecule has 7 heteroatoms. The van der Waals surface area contributed by atoms with Crippen molar-refractivity contribution in [2.75, 3.05) is 32.5 Å². The minimum Gasteiger partial charge on any atom is -0.399 e. The molecule has 0 atom stereocenters. The lowest BCUT2D eigenvalue weighted by molar-refractivity contribution is 0.180. The van der Waals surface area contributed by atoms with Crippen molar-refractivity contribution in [1.82, 2.24) is 4.31 Å². The van der Waals surface area contributed by atoms with Gasteiger partial charge >= 0.3 is 0 Å². The first-order chi connectivity index (χ1) is 8.43. The molecule has 0 bridgehead atoms. The zero-order valence-corrected chi connectivity index (χ0v) is 12.0. The molecule has 0 aromatic heterocycles. The van der Waals surface area contributed by atoms with Gasteiger partial charge in [0.1, 0.15) is 4.90 Å². The molecule has 1 aromatic rings. The number of halogens is 1. The van der Waals surface area contributed by atoms with E-state index in [1.54, 1.807) is 13.0 Å². The van der Waals surface area contributed by atoms with Crippen molar-refractivity contribution >= 4 is 27.3 Å². The van der Waals surface area contributed by atoms with Crippen LogP contribution in [0, 0.1) is 0 Å². The maximum Gasteiger partial charge on any atom is 0.244 e. The lowest BCUT2D eigenvalue weighted by atomic mass is 10.3. The van der Waals surface area contributed by atoms with E-state index in [-0.39, 0.29) is 16.5 Å². The van der Waals surface area contributed by atoms with Crippen LogP contribution in [0.4, 0.5) is 5.69 Å². The molecule has 2 N–H and O–H groups in total. The van der Waals surface area contributed by atoms with Gasteiger partial charge in [-0.15, -0.1) is 0 Å². The second-order valence-corrected chi connectivity index (χ2v) is 5.99. The van der Waals surface area contributed by atoms with Gasteiger partial charge in [0, 0.05) is 25.9 Å². The van der Waals surface area contributed by atoms with E-state index in [9.17, 15) is 8.42 Å². The van der Waals surface area contributed by atoms with Gasteiger partial charge in [0.25, 0.3) is 0 Å². The third-order valence-electron chi connectivity index (χ3n) is 2.47. The van der Waals surface area contributed by atoms with Crippen LogP contribution in [-0.4, -0.2) is 39.5 Å². The average molecular weight is 293 g/mol. The molecular formula is C11H17ClN2O3S. The first-order valence-electron chi connectivity index (χ1n) is 5.47. The Morgan fingerprint density at radius 3 is 2.67 bits per heavy atom. The minimum absolute atomic E-state index is 0.0297. The van der Waals surface area contributed by atoms with Crippen molar-refractivity contribution in [1.29, 1.82) is 0 Å². The number of ether oxygens (including phenoxy) is 1. The molecule has 0 aliphatic carbocycles. The number of likely N-dealkylation sites (N-methyl/N-ethyl adjacent to an activating group) is 1. The van der Waals surface area contributed by atoms with Crippen LogP contribution in [0.1, 0.15) is 6.92 Å². The summed E-state index contributed by atoms with van der Waals surface area (Å²) < 4.78 is 30.9. The van der Waals surface area contributed by atoms with Crippen molar-refractivity contribution in [3.05, 3.63) is 23.2 Å². The Morgan fingerprint density at radius 1 is 1.44 bits per heavy atom. The summed E-state index contributed by atoms with van der Waals surface area (Å²) >= 11 is 5.92. The van der Waals surface area contributed by atoms with Crippen LogP contribution in [0.15, 0.2) is 23.1 Å². The molecule has 0 fully saturated rings. The number of nitrogen functional groups attached to an aromatic ring is 1. The van der Waals surface area contributed by atoms with Gasteiger partial charge in [-0.05, 0) is 18.2 Å². The largest absolute Gasteiger partial charge is 0.399 e. The van der Waals surface area contributed by atoms with Crippen LogP contribution in [-0.2, 0) is 14.8 Å². The summed E-state index contributed by atoms with van der Waals surface area (Å²) in [5, 5.41) is 0.167. The molecule has 0 aliphatic rings. The molecule has 102 valence electrons. The maximum absolute atomic E-state index is 12.4. The van der Waals surface area contributed by atoms with Crippen LogP contribution in [0.25, 0.3) is 0 Å². The molecule has 0 heterocycles. The molecule has 1 aromatic carbocycles. The summed E-state index contributed by atoms with van der Waals surface area (Å²) in [5.41, 5.74) is 5.96. The number of nitrogens with zero attached hydrogens (tertiary/aromatic N) is 1. The third kappa shape index (κ3) is 3.35. The Kier molecular flexibility index (Phi) is 5.40. The van der Waals surface area contributed by atoms with Gasteiger partial charge in [-0.2, -0.15) is 4.31 Å². The first kappa shape index (κ1) is 15.2. The molecule has 1 rings (SSSR count). The molecule has 0 unspecified atom stereocenters. The number of benzene rings is 1. The Morgan fingerprint density at radius 2 is 2.11 bits per heavy atom. The normalized spacial score (nSPS) is 12.0. The van der Waals surface area contributed by atoms with Crippen molar-refractivity contribution in [2.45, 2.75) is 11.8 Å². The Hall–Kier alpha value is -0.820. The van der Waals surface area contributed by atoms with Crippen LogP contribution in [0.5, 0.6) is 0 Å². The highest BCUT2D eigenvalue weighted by Crippen LogP contribution is 2.26. The summed E-state index contributed by atoms with van der Waals surface area (Å²) in [4.78, 5) is 0.0297. The molecule has 0 amide bonds. The standard InChI is InChI=1S/C11H17ClN2O3S/c1-3-14(6-7-17-2)18(15,16)11-8-9(13)4-5-10(11)12/h4-5,8H,3,6-7,13H2,1-2H3. The lowest BCUT2D eigenvalue weighted by Crippen LogP contribution is -2.34. The summed E-state index contributed by atoms with van der Waals surface area (Å²) in [6.45, 7) is 2.71. The van der Waals surface area contributed by atoms with E-state index in [0.29, 0.717) is 18.8 Å². The van der Waals surface area contributed by atoms with Crippen molar-refractivity contribution in [3.63, 3.8) is 0 Å². The minimum atomic E-state index is -3.64. The summed E-state index contributed by atoms with van der Waals surface area (Å²) in [6, 6.07) is 4.41. The van der Waals surface area contributed by atoms with Crippen molar-refractivity contribution < 1.29 is 13.2 Å². The zero-order chi connectivity index (χ0) is 13.8. The number of hydrogen-bond donors (Lipinski definition) is 1. The number of rotatable bonds is 6. The fourth-order valence-electron chi connectivity index (χ4n) is 1.50. The van der Waals surface area contributed by atoms with Gasteiger partial charge in [0.2, 0.25) is 10.0 Å². The van der Waals surface area contributed by atoms with Crippen molar-refractivity contribution in [2.24, 2.45) is 0 Å². The van der Waals surface area contributed by atoms with Crippen LogP contribution < -0.4 is 5.73 Å². The average Bonchev–Trinajstić information content (AvgIpc) is 2.33. The monoisotopic (exact) mass is 292 g/mol. The molecule has 0 saturated carbocycles. The summed E-state index contributed by atoms with van der Waals surface area (Å²) in [5.74, 6) is 0. The van der Waals surface area contributed by atoms with E-state index in [1.165, 1.54) is 23.5 Å². The van der Waals surface area contributed by atoms with E-state index in [0.717, 1.165) is 0 Å². The van der Waals surface area contributed by atoms with E-state index in [1.807, 2.05) is 0 Å². The van der Waals surface area contributed by atoms with Crippen molar-refractivity contribution in [3.8, 4) is 0 Å². The molecule has 0 saturated heterocycles. The lowest BCUT2D eigenvalue weighted by Gasteiger charge is -2.20. The highest BCUT2D eigenvalue weighted by Gasteiger charge is 2.25. The van der Waals surface area contributed by atoms with Gasteiger partial charge in [0.05, 0.1) is 11.6 Å². The van der Waals surface area contributed by atoms with Gasteiger partial charge in [0.15, 0.2) is 0 Å². The molecule has 0 spiro atoms. The quantitative estimate of drug-likeness (QED) is 0.808. The number of anilines is 1. The van der Waals surface area contributed by atoms with Gasteiger partial charge < -0.3 is 10.5 Å². The smallest absolute Gasteiger partial charge is 0.244 e. The van der Waals surface area contributed by atoms with E-state index >= 15 is 0 Å². The fourth-order valence-corrected chi connectivity index (χ4v) is 3.44. The summed E-state index contributed by atoms with van der Waals surface area (Å²) in [6.07, 6.45) is 0. The highest BCUT2D eigenvalue weighted by atomic mass is 35.5.